The fourth-order valence-corrected chi connectivity index (χ4v) is 4.02. The number of halogens is 4. The van der Waals surface area contributed by atoms with Crippen molar-refractivity contribution in [3.63, 3.8) is 0 Å². The van der Waals surface area contributed by atoms with Crippen LogP contribution in [0.2, 0.25) is 0 Å². The Balaban J connectivity index is 1.40. The monoisotopic (exact) mass is 535 g/mol. The van der Waals surface area contributed by atoms with Crippen LogP contribution in [-0.2, 0) is 4.79 Å². The predicted octanol–water partition coefficient (Wildman–Crippen LogP) is 4.55. The van der Waals surface area contributed by atoms with Gasteiger partial charge in [0.1, 0.15) is 23.3 Å². The van der Waals surface area contributed by atoms with E-state index in [0.717, 1.165) is 22.9 Å². The lowest BCUT2D eigenvalue weighted by Crippen LogP contribution is -2.45. The van der Waals surface area contributed by atoms with Crippen molar-refractivity contribution in [3.8, 4) is 11.4 Å². The minimum Gasteiger partial charge on any atom is -0.478 e. The van der Waals surface area contributed by atoms with E-state index in [9.17, 15) is 31.9 Å². The van der Waals surface area contributed by atoms with Gasteiger partial charge in [0.2, 0.25) is 5.91 Å². The topological polar surface area (TPSA) is 126 Å². The number of ether oxygens (including phenoxy) is 1. The summed E-state index contributed by atoms with van der Waals surface area (Å²) in [6.45, 7) is 1.79. The van der Waals surface area contributed by atoms with Gasteiger partial charge in [-0.05, 0) is 61.7 Å². The number of hydrogen-bond acceptors (Lipinski definition) is 5. The molecule has 0 bridgehead atoms. The first-order valence-corrected chi connectivity index (χ1v) is 11.2. The van der Waals surface area contributed by atoms with Crippen molar-refractivity contribution in [1.82, 2.24) is 14.7 Å². The highest BCUT2D eigenvalue weighted by molar-refractivity contribution is 5.99. The number of aromatic carboxylic acids is 1. The summed E-state index contributed by atoms with van der Waals surface area (Å²) in [7, 11) is 0. The summed E-state index contributed by atoms with van der Waals surface area (Å²) >= 11 is 0. The van der Waals surface area contributed by atoms with Crippen LogP contribution in [0, 0.1) is 12.7 Å². The van der Waals surface area contributed by atoms with Gasteiger partial charge in [-0.3, -0.25) is 4.79 Å². The van der Waals surface area contributed by atoms with Crippen LogP contribution >= 0.6 is 0 Å². The van der Waals surface area contributed by atoms with Gasteiger partial charge < -0.3 is 25.4 Å². The number of anilines is 2. The van der Waals surface area contributed by atoms with E-state index in [1.807, 2.05) is 0 Å². The summed E-state index contributed by atoms with van der Waals surface area (Å²) in [6, 6.07) is 6.74. The van der Waals surface area contributed by atoms with E-state index in [-0.39, 0.29) is 29.3 Å². The molecular formula is C24H21F4N5O5. The van der Waals surface area contributed by atoms with Crippen molar-refractivity contribution < 1.29 is 41.8 Å². The van der Waals surface area contributed by atoms with E-state index in [4.69, 9.17) is 5.11 Å². The van der Waals surface area contributed by atoms with Gasteiger partial charge in [-0.1, -0.05) is 0 Å². The number of carbonyl (C=O) groups is 3. The molecule has 1 aromatic heterocycles. The third-order valence-electron chi connectivity index (χ3n) is 5.77. The number of nitrogens with one attached hydrogen (secondary N) is 2. The number of carboxylic acids is 1. The minimum atomic E-state index is -4.84. The van der Waals surface area contributed by atoms with Crippen LogP contribution in [0.5, 0.6) is 5.75 Å². The number of aryl methyl sites for hydroxylation is 1. The van der Waals surface area contributed by atoms with Crippen molar-refractivity contribution in [2.75, 3.05) is 17.2 Å². The second-order valence-corrected chi connectivity index (χ2v) is 8.41. The number of likely N-dealkylation sites (tertiary alicyclic amines) is 1. The Morgan fingerprint density at radius 1 is 1.11 bits per heavy atom. The molecule has 0 aliphatic carbocycles. The molecule has 1 aliphatic heterocycles. The van der Waals surface area contributed by atoms with Crippen molar-refractivity contribution in [2.24, 2.45) is 0 Å². The third kappa shape index (κ3) is 6.02. The molecule has 14 heteroatoms. The average molecular weight is 535 g/mol. The lowest BCUT2D eigenvalue weighted by molar-refractivity contribution is -0.274. The predicted molar refractivity (Wildman–Crippen MR) is 126 cm³/mol. The van der Waals surface area contributed by atoms with Gasteiger partial charge in [-0.2, -0.15) is 0 Å². The lowest BCUT2D eigenvalue weighted by Gasteiger charge is -2.24. The molecule has 0 saturated carbocycles. The summed E-state index contributed by atoms with van der Waals surface area (Å²) in [6.07, 6.45) is -2.55. The van der Waals surface area contributed by atoms with Crippen LogP contribution < -0.4 is 15.4 Å². The zero-order valence-corrected chi connectivity index (χ0v) is 19.8. The molecule has 1 fully saturated rings. The molecule has 1 saturated heterocycles. The van der Waals surface area contributed by atoms with Crippen molar-refractivity contribution in [3.05, 3.63) is 65.6 Å². The summed E-state index contributed by atoms with van der Waals surface area (Å²) in [5.74, 6) is -2.97. The Labute approximate surface area is 212 Å². The van der Waals surface area contributed by atoms with E-state index in [0.29, 0.717) is 18.4 Å². The first-order valence-electron chi connectivity index (χ1n) is 11.2. The van der Waals surface area contributed by atoms with Crippen LogP contribution in [-0.4, -0.2) is 56.6 Å². The van der Waals surface area contributed by atoms with Crippen LogP contribution in [0.25, 0.3) is 5.69 Å². The molecule has 3 amide bonds. The fourth-order valence-electron chi connectivity index (χ4n) is 4.02. The maximum Gasteiger partial charge on any atom is 0.573 e. The number of urea groups is 1. The molecule has 10 nitrogen and oxygen atoms in total. The molecule has 1 unspecified atom stereocenters. The number of alkyl halides is 3. The van der Waals surface area contributed by atoms with Crippen LogP contribution in [0.3, 0.4) is 0 Å². The van der Waals surface area contributed by atoms with E-state index in [2.05, 4.69) is 20.5 Å². The van der Waals surface area contributed by atoms with Crippen LogP contribution in [0.1, 0.15) is 28.8 Å². The number of hydrogen-bond donors (Lipinski definition) is 3. The first kappa shape index (κ1) is 26.4. The zero-order valence-electron chi connectivity index (χ0n) is 19.8. The SMILES string of the molecule is Cc1cc(-n2ccc(NC(=O)C3CCCN3C(=O)Nc3ccc(OC(F)(F)F)cc3)n2)c(F)cc1C(=O)O. The maximum atomic E-state index is 14.5. The Hall–Kier alpha value is -4.62. The Morgan fingerprint density at radius 2 is 1.82 bits per heavy atom. The standard InChI is InChI=1S/C24H21F4N5O5/c1-13-11-19(17(25)12-16(13)22(35)36)33-10-8-20(31-33)30-21(34)18-3-2-9-32(18)23(37)29-14-4-6-15(7-5-14)38-24(26,27)28/h4-8,10-12,18H,2-3,9H2,1H3,(H,29,37)(H,35,36)(H,30,31,34). The second-order valence-electron chi connectivity index (χ2n) is 8.41. The van der Waals surface area contributed by atoms with E-state index in [1.165, 1.54) is 42.3 Å². The van der Waals surface area contributed by atoms with E-state index in [1.54, 1.807) is 0 Å². The molecule has 1 atom stereocenters. The summed E-state index contributed by atoms with van der Waals surface area (Å²) < 4.78 is 56.4. The molecule has 0 radical (unpaired) electrons. The number of aromatic nitrogens is 2. The van der Waals surface area contributed by atoms with Gasteiger partial charge in [0, 0.05) is 24.5 Å². The average Bonchev–Trinajstić information content (AvgIpc) is 3.50. The second kappa shape index (κ2) is 10.4. The Bertz CT molecular complexity index is 1370. The highest BCUT2D eigenvalue weighted by atomic mass is 19.4. The fraction of sp³-hybridized carbons (Fsp3) is 0.250. The van der Waals surface area contributed by atoms with Gasteiger partial charge in [0.25, 0.3) is 0 Å². The van der Waals surface area contributed by atoms with Crippen molar-refractivity contribution >= 4 is 29.4 Å². The first-order chi connectivity index (χ1) is 17.9. The molecular weight excluding hydrogens is 514 g/mol. The smallest absolute Gasteiger partial charge is 0.478 e. The highest BCUT2D eigenvalue weighted by Gasteiger charge is 2.35. The molecule has 3 aromatic rings. The lowest BCUT2D eigenvalue weighted by atomic mass is 10.1. The van der Waals surface area contributed by atoms with Gasteiger partial charge >= 0.3 is 18.4 Å². The highest BCUT2D eigenvalue weighted by Crippen LogP contribution is 2.26. The number of carbonyl (C=O) groups excluding carboxylic acids is 2. The molecule has 0 spiro atoms. The molecule has 200 valence electrons. The van der Waals surface area contributed by atoms with Gasteiger partial charge in [0.15, 0.2) is 5.82 Å². The normalized spacial score (nSPS) is 15.3. The quantitative estimate of drug-likeness (QED) is 0.398. The number of benzene rings is 2. The molecule has 2 aromatic carbocycles. The number of carboxylic acid groups (broad SMARTS) is 1. The summed E-state index contributed by atoms with van der Waals surface area (Å²) in [4.78, 5) is 38.1. The van der Waals surface area contributed by atoms with Gasteiger partial charge in [-0.15, -0.1) is 18.3 Å². The Morgan fingerprint density at radius 3 is 2.47 bits per heavy atom. The maximum absolute atomic E-state index is 14.5. The number of nitrogens with zero attached hydrogens (tertiary/aromatic N) is 3. The number of amides is 3. The van der Waals surface area contributed by atoms with Crippen molar-refractivity contribution in [2.45, 2.75) is 32.2 Å². The van der Waals surface area contributed by atoms with Crippen LogP contribution in [0.15, 0.2) is 48.7 Å². The molecule has 4 rings (SSSR count). The Kier molecular flexibility index (Phi) is 7.23. The number of rotatable bonds is 6. The summed E-state index contributed by atoms with van der Waals surface area (Å²) in [5, 5.41) is 18.4. The van der Waals surface area contributed by atoms with Gasteiger partial charge in [0.05, 0.1) is 5.56 Å². The van der Waals surface area contributed by atoms with E-state index < -0.39 is 41.9 Å². The van der Waals surface area contributed by atoms with E-state index >= 15 is 0 Å². The molecule has 2 heterocycles. The van der Waals surface area contributed by atoms with Crippen molar-refractivity contribution in [1.29, 1.82) is 0 Å². The minimum absolute atomic E-state index is 0.0125. The summed E-state index contributed by atoms with van der Waals surface area (Å²) in [5.41, 5.74) is 0.337. The largest absolute Gasteiger partial charge is 0.573 e. The zero-order chi connectivity index (χ0) is 27.6. The van der Waals surface area contributed by atoms with Gasteiger partial charge in [-0.25, -0.2) is 18.7 Å². The third-order valence-corrected chi connectivity index (χ3v) is 5.77. The van der Waals surface area contributed by atoms with Crippen LogP contribution in [0.4, 0.5) is 33.9 Å². The molecule has 1 aliphatic rings. The molecule has 3 N–H and O–H groups in total. The molecule has 38 heavy (non-hydrogen) atoms.